The summed E-state index contributed by atoms with van der Waals surface area (Å²) < 4.78 is 38.4. The molecule has 1 aromatic heterocycles. The van der Waals surface area contributed by atoms with Gasteiger partial charge >= 0.3 is 12.2 Å². The lowest BCUT2D eigenvalue weighted by molar-refractivity contribution is -0.137. The van der Waals surface area contributed by atoms with Gasteiger partial charge in [-0.05, 0) is 55.7 Å². The molecule has 32 heavy (non-hydrogen) atoms. The second-order valence-electron chi connectivity index (χ2n) is 8.37. The lowest BCUT2D eigenvalue weighted by atomic mass is 9.98. The van der Waals surface area contributed by atoms with Crippen molar-refractivity contribution in [2.24, 2.45) is 0 Å². The van der Waals surface area contributed by atoms with E-state index in [0.717, 1.165) is 28.8 Å². The average Bonchev–Trinajstić information content (AvgIpc) is 3.15. The first-order chi connectivity index (χ1) is 15.0. The first-order valence-corrected chi connectivity index (χ1v) is 10.1. The summed E-state index contributed by atoms with van der Waals surface area (Å²) in [6.07, 6.45) is -3.93. The summed E-state index contributed by atoms with van der Waals surface area (Å²) in [7, 11) is 0. The van der Waals surface area contributed by atoms with Gasteiger partial charge in [-0.1, -0.05) is 36.4 Å². The predicted octanol–water partition coefficient (Wildman–Crippen LogP) is 4.05. The average molecular weight is 446 g/mol. The quantitative estimate of drug-likeness (QED) is 0.598. The Morgan fingerprint density at radius 3 is 2.38 bits per heavy atom. The number of carbonyl (C=O) groups is 1. The maximum Gasteiger partial charge on any atom is 0.416 e. The Kier molecular flexibility index (Phi) is 6.81. The first-order valence-electron chi connectivity index (χ1n) is 10.1. The van der Waals surface area contributed by atoms with E-state index in [9.17, 15) is 18.0 Å². The highest BCUT2D eigenvalue weighted by Crippen LogP contribution is 2.30. The van der Waals surface area contributed by atoms with Crippen molar-refractivity contribution in [3.8, 4) is 11.4 Å². The zero-order chi connectivity index (χ0) is 23.4. The van der Waals surface area contributed by atoms with Gasteiger partial charge in [0.2, 0.25) is 5.82 Å². The van der Waals surface area contributed by atoms with Crippen LogP contribution in [0.2, 0.25) is 0 Å². The molecule has 0 aliphatic rings. The van der Waals surface area contributed by atoms with Crippen LogP contribution in [0, 0.1) is 0 Å². The fourth-order valence-electron chi connectivity index (χ4n) is 3.02. The Hall–Kier alpha value is -3.43. The van der Waals surface area contributed by atoms with Crippen molar-refractivity contribution in [2.45, 2.75) is 45.5 Å². The lowest BCUT2D eigenvalue weighted by Crippen LogP contribution is -2.47. The van der Waals surface area contributed by atoms with Crippen molar-refractivity contribution in [2.75, 3.05) is 6.54 Å². The fraction of sp³-hybridized carbons (Fsp3) is 0.364. The molecule has 0 aliphatic heterocycles. The van der Waals surface area contributed by atoms with E-state index in [2.05, 4.69) is 26.0 Å². The topological polar surface area (TPSA) is 84.7 Å². The van der Waals surface area contributed by atoms with Gasteiger partial charge in [0.1, 0.15) is 0 Å². The molecule has 0 saturated heterocycles. The maximum absolute atomic E-state index is 12.8. The number of amides is 2. The molecule has 2 amide bonds. The van der Waals surface area contributed by atoms with Gasteiger partial charge in [-0.2, -0.15) is 18.0 Å². The summed E-state index contributed by atoms with van der Waals surface area (Å²) in [6, 6.07) is 12.2. The van der Waals surface area contributed by atoms with Crippen LogP contribution in [-0.4, -0.2) is 38.3 Å². The van der Waals surface area contributed by atoms with Crippen molar-refractivity contribution in [1.82, 2.24) is 30.8 Å². The van der Waals surface area contributed by atoms with Crippen molar-refractivity contribution >= 4 is 6.03 Å². The Morgan fingerprint density at radius 2 is 1.72 bits per heavy atom. The second-order valence-corrected chi connectivity index (χ2v) is 8.37. The summed E-state index contributed by atoms with van der Waals surface area (Å²) in [4.78, 5) is 13.2. The van der Waals surface area contributed by atoms with E-state index in [-0.39, 0.29) is 11.6 Å². The van der Waals surface area contributed by atoms with Crippen LogP contribution in [-0.2, 0) is 19.1 Å². The molecule has 3 rings (SSSR count). The maximum atomic E-state index is 12.8. The summed E-state index contributed by atoms with van der Waals surface area (Å²) in [5.74, 6) is 0.409. The fourth-order valence-corrected chi connectivity index (χ4v) is 3.02. The number of urea groups is 1. The van der Waals surface area contributed by atoms with Gasteiger partial charge in [0, 0.05) is 17.6 Å². The Bertz CT molecular complexity index is 1050. The van der Waals surface area contributed by atoms with Crippen molar-refractivity contribution in [1.29, 1.82) is 0 Å². The molecule has 2 N–H and O–H groups in total. The largest absolute Gasteiger partial charge is 0.416 e. The van der Waals surface area contributed by atoms with E-state index in [4.69, 9.17) is 0 Å². The molecule has 0 bridgehead atoms. The van der Waals surface area contributed by atoms with Gasteiger partial charge < -0.3 is 10.6 Å². The minimum Gasteiger partial charge on any atom is -0.336 e. The third kappa shape index (κ3) is 6.53. The number of rotatable bonds is 6. The molecular weight excluding hydrogens is 421 g/mol. The minimum atomic E-state index is -4.36. The Balaban J connectivity index is 1.66. The third-order valence-corrected chi connectivity index (χ3v) is 4.47. The molecule has 0 aliphatic carbocycles. The normalized spacial score (nSPS) is 11.9. The molecule has 0 fully saturated rings. The first kappa shape index (κ1) is 23.2. The van der Waals surface area contributed by atoms with Crippen molar-refractivity contribution in [3.63, 3.8) is 0 Å². The number of carbonyl (C=O) groups excluding carboxylic acids is 1. The molecule has 10 heteroatoms. The number of hydrogen-bond acceptors (Lipinski definition) is 4. The van der Waals surface area contributed by atoms with Crippen LogP contribution in [0.4, 0.5) is 18.0 Å². The van der Waals surface area contributed by atoms with Crippen LogP contribution in [0.25, 0.3) is 11.4 Å². The molecular formula is C22H25F3N6O. The van der Waals surface area contributed by atoms with Crippen molar-refractivity contribution in [3.05, 3.63) is 65.2 Å². The van der Waals surface area contributed by atoms with E-state index >= 15 is 0 Å². The highest BCUT2D eigenvalue weighted by Gasteiger charge is 2.29. The zero-order valence-electron chi connectivity index (χ0n) is 18.1. The Morgan fingerprint density at radius 1 is 1.03 bits per heavy atom. The molecule has 0 saturated carbocycles. The van der Waals surface area contributed by atoms with Gasteiger partial charge in [-0.25, -0.2) is 4.79 Å². The number of nitrogens with one attached hydrogen (secondary N) is 2. The van der Waals surface area contributed by atoms with E-state index in [1.807, 2.05) is 45.0 Å². The third-order valence-electron chi connectivity index (χ3n) is 4.47. The standard InChI is InChI=1S/C22H25F3N6O/c1-21(2,3)27-20(32)26-12-13-31-29-19(28-30-31)18-7-5-4-6-16(18)14-15-8-10-17(11-9-15)22(23,24)25/h4-11H,12-14H2,1-3H3,(H2,26,27,32). The molecule has 0 atom stereocenters. The van der Waals surface area contributed by atoms with Crippen LogP contribution in [0.15, 0.2) is 48.5 Å². The van der Waals surface area contributed by atoms with Gasteiger partial charge in [0.25, 0.3) is 0 Å². The number of tetrazole rings is 1. The van der Waals surface area contributed by atoms with Gasteiger partial charge in [-0.15, -0.1) is 10.2 Å². The summed E-state index contributed by atoms with van der Waals surface area (Å²) in [6.45, 7) is 6.33. The molecule has 3 aromatic rings. The van der Waals surface area contributed by atoms with Crippen molar-refractivity contribution < 1.29 is 18.0 Å². The second kappa shape index (κ2) is 9.37. The van der Waals surface area contributed by atoms with Crippen LogP contribution in [0.3, 0.4) is 0 Å². The number of benzene rings is 2. The SMILES string of the molecule is CC(C)(C)NC(=O)NCCn1nnc(-c2ccccc2Cc2ccc(C(F)(F)F)cc2)n1. The van der Waals surface area contributed by atoms with Gasteiger partial charge in [0.15, 0.2) is 0 Å². The molecule has 7 nitrogen and oxygen atoms in total. The van der Waals surface area contributed by atoms with E-state index in [1.54, 1.807) is 0 Å². The summed E-state index contributed by atoms with van der Waals surface area (Å²) >= 11 is 0. The van der Waals surface area contributed by atoms with Crippen LogP contribution >= 0.6 is 0 Å². The lowest BCUT2D eigenvalue weighted by Gasteiger charge is -2.20. The molecule has 2 aromatic carbocycles. The number of halogens is 3. The van der Waals surface area contributed by atoms with Gasteiger partial charge in [0.05, 0.1) is 12.1 Å². The molecule has 0 spiro atoms. The van der Waals surface area contributed by atoms with E-state index in [1.165, 1.54) is 16.9 Å². The molecule has 0 unspecified atom stereocenters. The molecule has 1 heterocycles. The highest BCUT2D eigenvalue weighted by atomic mass is 19.4. The number of nitrogens with zero attached hydrogens (tertiary/aromatic N) is 4. The number of hydrogen-bond donors (Lipinski definition) is 2. The molecule has 0 radical (unpaired) electrons. The zero-order valence-corrected chi connectivity index (χ0v) is 18.1. The Labute approximate surface area is 184 Å². The van der Waals surface area contributed by atoms with Gasteiger partial charge in [-0.3, -0.25) is 0 Å². The predicted molar refractivity (Wildman–Crippen MR) is 114 cm³/mol. The highest BCUT2D eigenvalue weighted by molar-refractivity contribution is 5.74. The summed E-state index contributed by atoms with van der Waals surface area (Å²) in [5.41, 5.74) is 1.35. The smallest absolute Gasteiger partial charge is 0.336 e. The number of aromatic nitrogens is 4. The minimum absolute atomic E-state index is 0.278. The van der Waals surface area contributed by atoms with Crippen LogP contribution in [0.5, 0.6) is 0 Å². The summed E-state index contributed by atoms with van der Waals surface area (Å²) in [5, 5.41) is 18.0. The monoisotopic (exact) mass is 446 g/mol. The van der Waals surface area contributed by atoms with E-state index < -0.39 is 11.7 Å². The van der Waals surface area contributed by atoms with E-state index in [0.29, 0.717) is 25.3 Å². The number of alkyl halides is 3. The van der Waals surface area contributed by atoms with Crippen LogP contribution < -0.4 is 10.6 Å². The van der Waals surface area contributed by atoms with Crippen LogP contribution in [0.1, 0.15) is 37.5 Å². The molecule has 170 valence electrons.